The van der Waals surface area contributed by atoms with Gasteiger partial charge in [-0.3, -0.25) is 11.1 Å². The zero-order valence-corrected chi connectivity index (χ0v) is 27.9. The van der Waals surface area contributed by atoms with E-state index in [-0.39, 0.29) is 43.5 Å². The third kappa shape index (κ3) is 10.9. The number of benzene rings is 3. The van der Waals surface area contributed by atoms with E-state index in [1.165, 1.54) is 0 Å². The van der Waals surface area contributed by atoms with E-state index in [2.05, 4.69) is 0 Å². The minimum absolute atomic E-state index is 0. The number of morpholine rings is 1. The molecule has 1 aliphatic rings. The fourth-order valence-corrected chi connectivity index (χ4v) is 5.95. The van der Waals surface area contributed by atoms with E-state index in [1.807, 2.05) is 90.0 Å². The van der Waals surface area contributed by atoms with Crippen molar-refractivity contribution in [3.05, 3.63) is 95.6 Å². The van der Waals surface area contributed by atoms with Crippen LogP contribution in [0.25, 0.3) is 0 Å². The van der Waals surface area contributed by atoms with E-state index in [9.17, 15) is 14.7 Å². The molecule has 1 saturated heterocycles. The van der Waals surface area contributed by atoms with Gasteiger partial charge in [0.1, 0.15) is 17.1 Å². The Morgan fingerprint density at radius 2 is 1.32 bits per heavy atom. The molecule has 3 aromatic carbocycles. The quantitative estimate of drug-likeness (QED) is 0.0975. The van der Waals surface area contributed by atoms with Crippen LogP contribution in [-0.2, 0) is 24.7 Å². The maximum absolute atomic E-state index is 13.2. The second-order valence-electron chi connectivity index (χ2n) is 11.4. The molecule has 250 valence electrons. The van der Waals surface area contributed by atoms with Crippen LogP contribution < -0.4 is 28.3 Å². The Labute approximate surface area is 291 Å². The number of methoxy groups -OCH3 is 2. The van der Waals surface area contributed by atoms with Crippen LogP contribution in [0.1, 0.15) is 68.1 Å². The van der Waals surface area contributed by atoms with Crippen molar-refractivity contribution in [2.24, 2.45) is 0 Å². The average Bonchev–Trinajstić information content (AvgIpc) is 3.10. The molecule has 47 heavy (non-hydrogen) atoms. The van der Waals surface area contributed by atoms with Crippen molar-refractivity contribution in [1.82, 2.24) is 4.90 Å². The van der Waals surface area contributed by atoms with Gasteiger partial charge in [-0.2, -0.15) is 6.42 Å². The summed E-state index contributed by atoms with van der Waals surface area (Å²) in [4.78, 5) is 25.4. The fraction of sp³-hybridized carbons (Fsp3) is 0.459. The van der Waals surface area contributed by atoms with Gasteiger partial charge in [0, 0.05) is 19.5 Å². The molecule has 0 unspecified atom stereocenters. The number of amides is 1. The molecule has 0 aliphatic carbocycles. The number of hydrogen-bond acceptors (Lipinski definition) is 8. The van der Waals surface area contributed by atoms with Crippen LogP contribution in [0.3, 0.4) is 0 Å². The Bertz CT molecular complexity index is 1260. The molecule has 0 spiro atoms. The van der Waals surface area contributed by atoms with E-state index >= 15 is 0 Å². The van der Waals surface area contributed by atoms with Crippen LogP contribution in [0.2, 0.25) is 0 Å². The van der Waals surface area contributed by atoms with Crippen LogP contribution in [0, 0.1) is 0 Å². The molecule has 10 heteroatoms. The zero-order valence-electron chi connectivity index (χ0n) is 27.9. The molecule has 9 nitrogen and oxygen atoms in total. The first-order chi connectivity index (χ1) is 22.0. The van der Waals surface area contributed by atoms with E-state index in [1.54, 1.807) is 14.2 Å². The number of aliphatic hydroxyl groups excluding tert-OH is 1. The largest absolute Gasteiger partial charge is 1.00 e. The van der Waals surface area contributed by atoms with Gasteiger partial charge in [-0.25, -0.2) is 0 Å². The van der Waals surface area contributed by atoms with Crippen molar-refractivity contribution < 1.29 is 58.0 Å². The molecule has 4 rings (SSSR count). The SMILES string of the molecule is COc1ccc(C(OC[C@@H]2CN(C(=O)CCCCCCCC[C-]=O)C[C@@H](CO)O2)(c2ccccc2)c2ccc(OC)cc2)cc1.[Li+].[OH-]. The predicted octanol–water partition coefficient (Wildman–Crippen LogP) is 2.66. The zero-order chi connectivity index (χ0) is 31.9. The molecule has 0 saturated carbocycles. The summed E-state index contributed by atoms with van der Waals surface area (Å²) < 4.78 is 24.1. The number of nitrogens with zero attached hydrogens (tertiary/aromatic N) is 1. The Morgan fingerprint density at radius 3 is 1.85 bits per heavy atom. The molecule has 0 bridgehead atoms. The average molecular weight is 641 g/mol. The van der Waals surface area contributed by atoms with Crippen LogP contribution in [0.15, 0.2) is 78.9 Å². The van der Waals surface area contributed by atoms with Crippen LogP contribution in [0.4, 0.5) is 0 Å². The topological polar surface area (TPSA) is 125 Å². The number of carbonyl (C=O) groups excluding carboxylic acids is 2. The first-order valence-corrected chi connectivity index (χ1v) is 15.9. The summed E-state index contributed by atoms with van der Waals surface area (Å²) in [6.07, 6.45) is 7.76. The molecule has 2 N–H and O–H groups in total. The van der Waals surface area contributed by atoms with Crippen LogP contribution in [-0.4, -0.2) is 80.4 Å². The van der Waals surface area contributed by atoms with E-state index < -0.39 is 17.8 Å². The van der Waals surface area contributed by atoms with Crippen LogP contribution in [0.5, 0.6) is 11.5 Å². The van der Waals surface area contributed by atoms with Crippen molar-refractivity contribution in [2.75, 3.05) is 40.5 Å². The van der Waals surface area contributed by atoms with E-state index in [0.717, 1.165) is 66.7 Å². The molecule has 1 fully saturated rings. The molecule has 0 aromatic heterocycles. The Balaban J connectivity index is 0.00000384. The summed E-state index contributed by atoms with van der Waals surface area (Å²) in [5.74, 6) is 1.54. The van der Waals surface area contributed by atoms with Gasteiger partial charge in [0.25, 0.3) is 0 Å². The number of aliphatic hydroxyl groups is 1. The molecule has 1 heterocycles. The minimum atomic E-state index is -1.01. The molecular weight excluding hydrogens is 593 g/mol. The summed E-state index contributed by atoms with van der Waals surface area (Å²) in [5, 5.41) is 10.1. The molecule has 1 aliphatic heterocycles. The van der Waals surface area contributed by atoms with Gasteiger partial charge in [0.15, 0.2) is 0 Å². The molecule has 1 amide bonds. The maximum Gasteiger partial charge on any atom is 1.00 e. The van der Waals surface area contributed by atoms with E-state index in [0.29, 0.717) is 25.9 Å². The van der Waals surface area contributed by atoms with Gasteiger partial charge in [0.05, 0.1) is 39.6 Å². The maximum atomic E-state index is 13.2. The number of rotatable bonds is 18. The van der Waals surface area contributed by atoms with Crippen LogP contribution >= 0.6 is 0 Å². The van der Waals surface area contributed by atoms with Crippen molar-refractivity contribution in [1.29, 1.82) is 0 Å². The third-order valence-corrected chi connectivity index (χ3v) is 8.37. The molecular formula is C37H47LiNO8-. The van der Waals surface area contributed by atoms with Crippen molar-refractivity contribution >= 4 is 12.2 Å². The standard InChI is InChI=1S/C37H46NO7.Li.H2O/c1-42-32-20-16-30(17-21-32)37(29-13-9-8-10-14-29,31-18-22-33(43-2)23-19-31)44-28-35-26-38(25-34(27-40)45-35)36(41)15-11-6-4-3-5-7-12-24-39;;/h8-10,13-14,16-23,34-35,40H,3-7,11-12,15,25-28H2,1-2H3;;1H2/q-1;+1;/p-1/t34-,35-;;/m0../s1. The second-order valence-corrected chi connectivity index (χ2v) is 11.4. The van der Waals surface area contributed by atoms with Gasteiger partial charge in [-0.05, 0) is 47.4 Å². The monoisotopic (exact) mass is 640 g/mol. The van der Waals surface area contributed by atoms with Gasteiger partial charge in [-0.1, -0.05) is 86.7 Å². The van der Waals surface area contributed by atoms with Crippen molar-refractivity contribution in [3.63, 3.8) is 0 Å². The van der Waals surface area contributed by atoms with E-state index in [4.69, 9.17) is 18.9 Å². The normalized spacial score (nSPS) is 16.0. The van der Waals surface area contributed by atoms with Crippen molar-refractivity contribution in [3.8, 4) is 11.5 Å². The molecule has 0 radical (unpaired) electrons. The number of ether oxygens (including phenoxy) is 4. The fourth-order valence-electron chi connectivity index (χ4n) is 5.95. The summed E-state index contributed by atoms with van der Waals surface area (Å²) in [5.41, 5.74) is 1.75. The number of hydrogen-bond donors (Lipinski definition) is 1. The minimum Gasteiger partial charge on any atom is -0.870 e. The number of unbranched alkanes of at least 4 members (excludes halogenated alkanes) is 6. The predicted molar refractivity (Wildman–Crippen MR) is 175 cm³/mol. The summed E-state index contributed by atoms with van der Waals surface area (Å²) in [6, 6.07) is 25.7. The smallest absolute Gasteiger partial charge is 0.870 e. The summed E-state index contributed by atoms with van der Waals surface area (Å²) >= 11 is 0. The number of carbonyl (C=O) groups is 1. The van der Waals surface area contributed by atoms with Gasteiger partial charge in [0.2, 0.25) is 5.91 Å². The molecule has 2 atom stereocenters. The molecule has 3 aromatic rings. The van der Waals surface area contributed by atoms with Gasteiger partial charge < -0.3 is 39.2 Å². The van der Waals surface area contributed by atoms with Gasteiger partial charge in [-0.15, -0.1) is 0 Å². The Morgan fingerprint density at radius 1 is 0.809 bits per heavy atom. The summed E-state index contributed by atoms with van der Waals surface area (Å²) in [6.45, 7) is 0.743. The third-order valence-electron chi connectivity index (χ3n) is 8.37. The first-order valence-electron chi connectivity index (χ1n) is 15.9. The van der Waals surface area contributed by atoms with Crippen molar-refractivity contribution in [2.45, 2.75) is 69.2 Å². The van der Waals surface area contributed by atoms with Gasteiger partial charge >= 0.3 is 18.9 Å². The first kappa shape index (κ1) is 40.0. The second kappa shape index (κ2) is 20.9. The Hall–Kier alpha value is -3.16. The summed E-state index contributed by atoms with van der Waals surface area (Å²) in [7, 11) is 3.28. The Kier molecular flexibility index (Phi) is 17.8.